The van der Waals surface area contributed by atoms with Crippen LogP contribution in [0.3, 0.4) is 0 Å². The summed E-state index contributed by atoms with van der Waals surface area (Å²) in [7, 11) is 6.01. The predicted octanol–water partition coefficient (Wildman–Crippen LogP) is 3.22. The summed E-state index contributed by atoms with van der Waals surface area (Å²) in [6.07, 6.45) is 0. The Kier molecular flexibility index (Phi) is 4.38. The molecule has 1 aliphatic rings. The number of hydrogen-bond donors (Lipinski definition) is 0. The number of hydrogen-bond acceptors (Lipinski definition) is 8. The van der Waals surface area contributed by atoms with Crippen LogP contribution >= 0.6 is 0 Å². The van der Waals surface area contributed by atoms with Crippen molar-refractivity contribution in [1.82, 2.24) is 0 Å². The van der Waals surface area contributed by atoms with E-state index < -0.39 is 0 Å². The van der Waals surface area contributed by atoms with Crippen LogP contribution in [-0.4, -0.2) is 35.2 Å². The van der Waals surface area contributed by atoms with E-state index in [1.165, 1.54) is 34.5 Å². The average molecular weight is 386 g/mol. The highest BCUT2D eigenvalue weighted by Crippen LogP contribution is 2.46. The van der Waals surface area contributed by atoms with Crippen molar-refractivity contribution in [3.05, 3.63) is 34.5 Å². The Morgan fingerprint density at radius 2 is 1.50 bits per heavy atom. The van der Waals surface area contributed by atoms with Gasteiger partial charge in [-0.05, 0) is 12.1 Å². The van der Waals surface area contributed by atoms with Gasteiger partial charge in [0.1, 0.15) is 16.7 Å². The topological polar surface area (TPSA) is 85.6 Å². The van der Waals surface area contributed by atoms with Crippen LogP contribution < -0.4 is 33.8 Å². The molecule has 0 atom stereocenters. The highest BCUT2D eigenvalue weighted by atomic mass is 16.7. The molecule has 0 spiro atoms. The second-order valence-electron chi connectivity index (χ2n) is 5.91. The van der Waals surface area contributed by atoms with Gasteiger partial charge in [-0.2, -0.15) is 0 Å². The van der Waals surface area contributed by atoms with Crippen molar-refractivity contribution in [2.24, 2.45) is 0 Å². The van der Waals surface area contributed by atoms with Gasteiger partial charge in [-0.25, -0.2) is 0 Å². The molecular weight excluding hydrogens is 368 g/mol. The van der Waals surface area contributed by atoms with Gasteiger partial charge in [-0.3, -0.25) is 4.79 Å². The molecule has 0 bridgehead atoms. The summed E-state index contributed by atoms with van der Waals surface area (Å²) in [5, 5.41) is 0.281. The molecular formula is C20H18O8. The summed E-state index contributed by atoms with van der Waals surface area (Å²) in [4.78, 5) is 12.9. The summed E-state index contributed by atoms with van der Waals surface area (Å²) >= 11 is 0. The Labute approximate surface area is 160 Å². The van der Waals surface area contributed by atoms with E-state index in [1.54, 1.807) is 18.2 Å². The molecule has 0 radical (unpaired) electrons. The number of fused-ring (bicyclic) bond motifs is 2. The maximum Gasteiger partial charge on any atom is 0.231 e. The molecule has 146 valence electrons. The second-order valence-corrected chi connectivity index (χ2v) is 5.91. The Balaban J connectivity index is 1.96. The van der Waals surface area contributed by atoms with Gasteiger partial charge in [-0.15, -0.1) is 0 Å². The van der Waals surface area contributed by atoms with Gasteiger partial charge in [0.2, 0.25) is 18.3 Å². The number of rotatable bonds is 5. The molecule has 0 fully saturated rings. The molecule has 0 saturated carbocycles. The van der Waals surface area contributed by atoms with E-state index in [0.717, 1.165) is 0 Å². The Morgan fingerprint density at radius 3 is 2.11 bits per heavy atom. The normalized spacial score (nSPS) is 12.1. The number of methoxy groups -OCH3 is 4. The van der Waals surface area contributed by atoms with Gasteiger partial charge in [-0.1, -0.05) is 0 Å². The third-order valence-electron chi connectivity index (χ3n) is 4.47. The largest absolute Gasteiger partial charge is 0.493 e. The molecule has 0 aliphatic carbocycles. The molecule has 3 aromatic rings. The number of ether oxygens (including phenoxy) is 6. The first kappa shape index (κ1) is 17.8. The minimum Gasteiger partial charge on any atom is -0.493 e. The van der Waals surface area contributed by atoms with Crippen molar-refractivity contribution in [2.45, 2.75) is 0 Å². The summed E-state index contributed by atoms with van der Waals surface area (Å²) in [6, 6.07) is 6.40. The van der Waals surface area contributed by atoms with E-state index in [4.69, 9.17) is 32.8 Å². The van der Waals surface area contributed by atoms with Crippen LogP contribution in [0.5, 0.6) is 34.5 Å². The predicted molar refractivity (Wildman–Crippen MR) is 100 cm³/mol. The molecule has 2 heterocycles. The van der Waals surface area contributed by atoms with E-state index in [9.17, 15) is 4.79 Å². The third kappa shape index (κ3) is 2.65. The van der Waals surface area contributed by atoms with Crippen molar-refractivity contribution in [3.63, 3.8) is 0 Å². The van der Waals surface area contributed by atoms with Gasteiger partial charge in [0.25, 0.3) is 0 Å². The van der Waals surface area contributed by atoms with Crippen molar-refractivity contribution < 1.29 is 32.8 Å². The molecule has 8 heteroatoms. The molecule has 2 aromatic carbocycles. The smallest absolute Gasteiger partial charge is 0.231 e. The lowest BCUT2D eigenvalue weighted by Crippen LogP contribution is -2.04. The monoisotopic (exact) mass is 386 g/mol. The van der Waals surface area contributed by atoms with Gasteiger partial charge < -0.3 is 32.8 Å². The molecule has 1 aromatic heterocycles. The second kappa shape index (κ2) is 6.88. The van der Waals surface area contributed by atoms with Crippen LogP contribution in [0.1, 0.15) is 0 Å². The van der Waals surface area contributed by atoms with Crippen LogP contribution in [0.25, 0.3) is 22.3 Å². The van der Waals surface area contributed by atoms with E-state index in [-0.39, 0.29) is 23.4 Å². The van der Waals surface area contributed by atoms with Crippen molar-refractivity contribution in [3.8, 4) is 45.8 Å². The maximum atomic E-state index is 12.9. The van der Waals surface area contributed by atoms with Crippen LogP contribution in [0.2, 0.25) is 0 Å². The molecule has 0 saturated heterocycles. The van der Waals surface area contributed by atoms with E-state index in [2.05, 4.69) is 0 Å². The van der Waals surface area contributed by atoms with Gasteiger partial charge >= 0.3 is 0 Å². The fraction of sp³-hybridized carbons (Fsp3) is 0.250. The molecule has 0 unspecified atom stereocenters. The minimum absolute atomic E-state index is 0.0515. The highest BCUT2D eigenvalue weighted by Gasteiger charge is 2.25. The summed E-state index contributed by atoms with van der Waals surface area (Å²) in [6.45, 7) is 0.0515. The quantitative estimate of drug-likeness (QED) is 0.661. The first-order chi connectivity index (χ1) is 13.6. The average Bonchev–Trinajstić information content (AvgIpc) is 3.18. The molecule has 0 amide bonds. The van der Waals surface area contributed by atoms with Crippen LogP contribution in [0.15, 0.2) is 33.5 Å². The fourth-order valence-electron chi connectivity index (χ4n) is 3.20. The van der Waals surface area contributed by atoms with E-state index in [0.29, 0.717) is 45.7 Å². The zero-order valence-electron chi connectivity index (χ0n) is 15.8. The fourth-order valence-corrected chi connectivity index (χ4v) is 3.20. The Hall–Kier alpha value is -3.55. The molecule has 1 aliphatic heterocycles. The third-order valence-corrected chi connectivity index (χ3v) is 4.47. The van der Waals surface area contributed by atoms with Gasteiger partial charge in [0.15, 0.2) is 28.4 Å². The van der Waals surface area contributed by atoms with Crippen molar-refractivity contribution in [1.29, 1.82) is 0 Å². The molecule has 4 rings (SSSR count). The van der Waals surface area contributed by atoms with E-state index in [1.807, 2.05) is 0 Å². The summed E-state index contributed by atoms with van der Waals surface area (Å²) in [5.74, 6) is 2.80. The summed E-state index contributed by atoms with van der Waals surface area (Å²) < 4.78 is 38.3. The zero-order valence-corrected chi connectivity index (χ0v) is 15.8. The standard InChI is InChI=1S/C20H18O8/c1-22-14-5-10(6-15(23-2)18(14)24-3)12-7-11(21)17-13(28-12)8-16-19(20(17)25-4)27-9-26-16/h5-8H,9H2,1-4H3. The van der Waals surface area contributed by atoms with Crippen LogP contribution in [0, 0.1) is 0 Å². The zero-order chi connectivity index (χ0) is 19.8. The first-order valence-electron chi connectivity index (χ1n) is 8.36. The molecule has 8 nitrogen and oxygen atoms in total. The van der Waals surface area contributed by atoms with Crippen molar-refractivity contribution >= 4 is 11.0 Å². The lowest BCUT2D eigenvalue weighted by molar-refractivity contribution is 0.171. The van der Waals surface area contributed by atoms with Crippen molar-refractivity contribution in [2.75, 3.05) is 35.2 Å². The molecule has 0 N–H and O–H groups in total. The number of benzene rings is 2. The Morgan fingerprint density at radius 1 is 0.821 bits per heavy atom. The van der Waals surface area contributed by atoms with E-state index >= 15 is 0 Å². The molecule has 28 heavy (non-hydrogen) atoms. The lowest BCUT2D eigenvalue weighted by Gasteiger charge is -2.14. The first-order valence-corrected chi connectivity index (χ1v) is 8.36. The minimum atomic E-state index is -0.278. The Bertz CT molecular complexity index is 1090. The van der Waals surface area contributed by atoms with Gasteiger partial charge in [0.05, 0.1) is 28.4 Å². The van der Waals surface area contributed by atoms with Crippen LogP contribution in [0.4, 0.5) is 0 Å². The SMILES string of the molecule is COc1cc(-c2cc(=O)c3c(OC)c4c(cc3o2)OCO4)cc(OC)c1OC. The maximum absolute atomic E-state index is 12.9. The van der Waals surface area contributed by atoms with Gasteiger partial charge in [0, 0.05) is 17.7 Å². The summed E-state index contributed by atoms with van der Waals surface area (Å²) in [5.41, 5.74) is 0.627. The highest BCUT2D eigenvalue weighted by molar-refractivity contribution is 5.90. The lowest BCUT2D eigenvalue weighted by atomic mass is 10.1. The van der Waals surface area contributed by atoms with Crippen LogP contribution in [-0.2, 0) is 0 Å².